The highest BCUT2D eigenvalue weighted by Crippen LogP contribution is 2.23. The molecule has 0 fully saturated rings. The molecule has 7 nitrogen and oxygen atoms in total. The molecule has 0 saturated heterocycles. The van der Waals surface area contributed by atoms with Gasteiger partial charge in [-0.05, 0) is 54.6 Å². The number of carbonyl (C=O) groups is 3. The van der Waals surface area contributed by atoms with Gasteiger partial charge < -0.3 is 20.7 Å². The van der Waals surface area contributed by atoms with Crippen LogP contribution in [0.5, 0.6) is 11.5 Å². The average molecular weight is 472 g/mol. The highest BCUT2D eigenvalue weighted by molar-refractivity contribution is 6.36. The summed E-state index contributed by atoms with van der Waals surface area (Å²) in [6.45, 7) is -0.560. The minimum Gasteiger partial charge on any atom is -0.457 e. The van der Waals surface area contributed by atoms with Crippen LogP contribution in [0.3, 0.4) is 0 Å². The highest BCUT2D eigenvalue weighted by Gasteiger charge is 2.12. The summed E-state index contributed by atoms with van der Waals surface area (Å²) >= 11 is 11.8. The summed E-state index contributed by atoms with van der Waals surface area (Å²) in [4.78, 5) is 36.1. The number of hydrogen-bond acceptors (Lipinski definition) is 4. The molecular formula is C23H19Cl2N3O4. The van der Waals surface area contributed by atoms with Gasteiger partial charge in [0.1, 0.15) is 11.5 Å². The van der Waals surface area contributed by atoms with Crippen LogP contribution in [0.4, 0.5) is 5.69 Å². The zero-order valence-corrected chi connectivity index (χ0v) is 18.2. The van der Waals surface area contributed by atoms with Crippen molar-refractivity contribution < 1.29 is 19.1 Å². The lowest BCUT2D eigenvalue weighted by Crippen LogP contribution is -2.40. The van der Waals surface area contributed by atoms with Crippen molar-refractivity contribution in [3.8, 4) is 11.5 Å². The molecule has 0 unspecified atom stereocenters. The third-order valence-corrected chi connectivity index (χ3v) is 4.70. The fourth-order valence-corrected chi connectivity index (χ4v) is 3.10. The fraction of sp³-hybridized carbons (Fsp3) is 0.0870. The lowest BCUT2D eigenvalue weighted by molar-refractivity contribution is -0.123. The third kappa shape index (κ3) is 7.01. The molecular weight excluding hydrogens is 453 g/mol. The number of para-hydroxylation sites is 1. The Bertz CT molecular complexity index is 1110. The second-order valence-corrected chi connectivity index (χ2v) is 7.41. The van der Waals surface area contributed by atoms with E-state index in [-0.39, 0.29) is 23.7 Å². The van der Waals surface area contributed by atoms with E-state index in [0.29, 0.717) is 22.2 Å². The van der Waals surface area contributed by atoms with Gasteiger partial charge in [-0.25, -0.2) is 0 Å². The maximum atomic E-state index is 12.1. The third-order valence-electron chi connectivity index (χ3n) is 4.15. The Morgan fingerprint density at radius 1 is 0.750 bits per heavy atom. The molecule has 164 valence electrons. The van der Waals surface area contributed by atoms with Gasteiger partial charge in [0, 0.05) is 10.7 Å². The van der Waals surface area contributed by atoms with E-state index in [0.717, 1.165) is 0 Å². The lowest BCUT2D eigenvalue weighted by Gasteiger charge is -2.10. The molecule has 3 amide bonds. The summed E-state index contributed by atoms with van der Waals surface area (Å²) < 4.78 is 5.69. The number of anilines is 1. The first kappa shape index (κ1) is 23.1. The first-order valence-electron chi connectivity index (χ1n) is 9.53. The smallest absolute Gasteiger partial charge is 0.253 e. The lowest BCUT2D eigenvalue weighted by atomic mass is 10.2. The molecule has 0 spiro atoms. The normalized spacial score (nSPS) is 10.2. The van der Waals surface area contributed by atoms with Crippen LogP contribution in [0.25, 0.3) is 0 Å². The van der Waals surface area contributed by atoms with Crippen molar-refractivity contribution in [1.29, 1.82) is 0 Å². The van der Waals surface area contributed by atoms with Gasteiger partial charge in [-0.3, -0.25) is 14.4 Å². The van der Waals surface area contributed by atoms with Crippen molar-refractivity contribution in [2.75, 3.05) is 18.4 Å². The second kappa shape index (κ2) is 11.2. The predicted molar refractivity (Wildman–Crippen MR) is 123 cm³/mol. The van der Waals surface area contributed by atoms with E-state index in [1.54, 1.807) is 24.3 Å². The van der Waals surface area contributed by atoms with Crippen LogP contribution in [0.2, 0.25) is 10.0 Å². The molecule has 9 heteroatoms. The van der Waals surface area contributed by atoms with Crippen LogP contribution < -0.4 is 20.7 Å². The molecule has 3 N–H and O–H groups in total. The summed E-state index contributed by atoms with van der Waals surface area (Å²) in [7, 11) is 0. The summed E-state index contributed by atoms with van der Waals surface area (Å²) in [6, 6.07) is 20.5. The van der Waals surface area contributed by atoms with Gasteiger partial charge >= 0.3 is 0 Å². The van der Waals surface area contributed by atoms with Crippen LogP contribution in [0, 0.1) is 0 Å². The summed E-state index contributed by atoms with van der Waals surface area (Å²) in [5.41, 5.74) is 0.747. The van der Waals surface area contributed by atoms with Gasteiger partial charge in [-0.2, -0.15) is 0 Å². The van der Waals surface area contributed by atoms with Crippen molar-refractivity contribution in [1.82, 2.24) is 10.6 Å². The van der Waals surface area contributed by atoms with E-state index in [2.05, 4.69) is 16.0 Å². The predicted octanol–water partition coefficient (Wildman–Crippen LogP) is 4.27. The molecule has 3 aromatic rings. The van der Waals surface area contributed by atoms with Gasteiger partial charge in [-0.15, -0.1) is 0 Å². The van der Waals surface area contributed by atoms with Crippen LogP contribution >= 0.6 is 23.2 Å². The molecule has 0 bridgehead atoms. The summed E-state index contributed by atoms with van der Waals surface area (Å²) in [6.07, 6.45) is 0. The zero-order chi connectivity index (χ0) is 22.9. The number of amides is 3. The fourth-order valence-electron chi connectivity index (χ4n) is 2.61. The number of halogens is 2. The quantitative estimate of drug-likeness (QED) is 0.456. The van der Waals surface area contributed by atoms with Gasteiger partial charge in [-0.1, -0.05) is 41.4 Å². The van der Waals surface area contributed by atoms with E-state index in [4.69, 9.17) is 27.9 Å². The second-order valence-electron chi connectivity index (χ2n) is 6.57. The Balaban J connectivity index is 1.40. The molecule has 0 saturated carbocycles. The minimum absolute atomic E-state index is 0.176. The van der Waals surface area contributed by atoms with Crippen molar-refractivity contribution in [2.45, 2.75) is 0 Å². The van der Waals surface area contributed by atoms with E-state index in [1.165, 1.54) is 18.2 Å². The highest BCUT2D eigenvalue weighted by atomic mass is 35.5. The van der Waals surface area contributed by atoms with Crippen molar-refractivity contribution >= 4 is 46.6 Å². The maximum Gasteiger partial charge on any atom is 0.253 e. The maximum absolute atomic E-state index is 12.1. The number of ether oxygens (including phenoxy) is 1. The SMILES string of the molecule is O=C(CNC(=O)c1ccc(Cl)cc1Cl)NCC(=O)Nc1ccc(Oc2ccccc2)cc1. The first-order chi connectivity index (χ1) is 15.4. The molecule has 0 aliphatic rings. The van der Waals surface area contributed by atoms with E-state index >= 15 is 0 Å². The zero-order valence-electron chi connectivity index (χ0n) is 16.7. The van der Waals surface area contributed by atoms with Crippen LogP contribution in [-0.2, 0) is 9.59 Å². The average Bonchev–Trinajstić information content (AvgIpc) is 2.78. The van der Waals surface area contributed by atoms with Crippen LogP contribution in [0.1, 0.15) is 10.4 Å². The van der Waals surface area contributed by atoms with Gasteiger partial charge in [0.15, 0.2) is 0 Å². The van der Waals surface area contributed by atoms with E-state index in [1.807, 2.05) is 30.3 Å². The van der Waals surface area contributed by atoms with Gasteiger partial charge in [0.05, 0.1) is 23.7 Å². The van der Waals surface area contributed by atoms with E-state index in [9.17, 15) is 14.4 Å². The largest absolute Gasteiger partial charge is 0.457 e. The van der Waals surface area contributed by atoms with Gasteiger partial charge in [0.25, 0.3) is 5.91 Å². The number of hydrogen-bond donors (Lipinski definition) is 3. The van der Waals surface area contributed by atoms with Crippen molar-refractivity contribution in [2.24, 2.45) is 0 Å². The molecule has 0 aliphatic carbocycles. The van der Waals surface area contributed by atoms with Crippen molar-refractivity contribution in [3.05, 3.63) is 88.4 Å². The molecule has 0 atom stereocenters. The number of rotatable bonds is 8. The summed E-state index contributed by atoms with van der Waals surface area (Å²) in [5, 5.41) is 8.11. The van der Waals surface area contributed by atoms with E-state index < -0.39 is 17.7 Å². The Morgan fingerprint density at radius 3 is 2.09 bits per heavy atom. The number of benzene rings is 3. The van der Waals surface area contributed by atoms with Gasteiger partial charge in [0.2, 0.25) is 11.8 Å². The molecule has 3 rings (SSSR count). The molecule has 0 heterocycles. The minimum atomic E-state index is -0.524. The number of carbonyl (C=O) groups excluding carboxylic acids is 3. The Kier molecular flexibility index (Phi) is 8.08. The topological polar surface area (TPSA) is 96.5 Å². The monoisotopic (exact) mass is 471 g/mol. The molecule has 32 heavy (non-hydrogen) atoms. The molecule has 0 aromatic heterocycles. The summed E-state index contributed by atoms with van der Waals surface area (Å²) in [5.74, 6) is -0.132. The standard InChI is InChI=1S/C23H19Cl2N3O4/c24-15-6-11-19(20(25)12-15)23(31)27-13-21(29)26-14-22(30)28-16-7-9-18(10-8-16)32-17-4-2-1-3-5-17/h1-12H,13-14H2,(H,26,29)(H,27,31)(H,28,30). The van der Waals surface area contributed by atoms with Crippen LogP contribution in [0.15, 0.2) is 72.8 Å². The molecule has 0 aliphatic heterocycles. The van der Waals surface area contributed by atoms with Crippen LogP contribution in [-0.4, -0.2) is 30.8 Å². The van der Waals surface area contributed by atoms with Crippen molar-refractivity contribution in [3.63, 3.8) is 0 Å². The molecule has 0 radical (unpaired) electrons. The Morgan fingerprint density at radius 2 is 1.41 bits per heavy atom. The first-order valence-corrected chi connectivity index (χ1v) is 10.3. The number of nitrogens with one attached hydrogen (secondary N) is 3. The molecule has 3 aromatic carbocycles. The Labute approximate surface area is 194 Å². The Hall–Kier alpha value is -3.55.